The number of imidazole rings is 1. The van der Waals surface area contributed by atoms with Gasteiger partial charge in [-0.2, -0.15) is 0 Å². The van der Waals surface area contributed by atoms with Crippen molar-refractivity contribution >= 4 is 21.6 Å². The fourth-order valence-electron chi connectivity index (χ4n) is 1.70. The molecule has 9 heteroatoms. The number of nitrogens with zero attached hydrogens (tertiary/aromatic N) is 2. The van der Waals surface area contributed by atoms with Gasteiger partial charge in [0.05, 0.1) is 13.4 Å². The van der Waals surface area contributed by atoms with E-state index in [0.29, 0.717) is 0 Å². The van der Waals surface area contributed by atoms with Gasteiger partial charge < -0.3 is 14.6 Å². The minimum Gasteiger partial charge on any atom is -0.495 e. The molecule has 0 saturated heterocycles. The van der Waals surface area contributed by atoms with Crippen LogP contribution in [0.15, 0.2) is 35.6 Å². The van der Waals surface area contributed by atoms with Crippen molar-refractivity contribution in [3.63, 3.8) is 0 Å². The number of methoxy groups -OCH3 is 1. The first-order chi connectivity index (χ1) is 9.81. The van der Waals surface area contributed by atoms with Crippen molar-refractivity contribution in [1.82, 2.24) is 9.55 Å². The summed E-state index contributed by atoms with van der Waals surface area (Å²) in [6.07, 6.45) is 3.03. The fourth-order valence-corrected chi connectivity index (χ4v) is 2.43. The van der Waals surface area contributed by atoms with E-state index in [2.05, 4.69) is 10.3 Å². The third-order valence-corrected chi connectivity index (χ3v) is 3.60. The summed E-state index contributed by atoms with van der Waals surface area (Å²) in [5.74, 6) is -0.352. The van der Waals surface area contributed by atoms with E-state index in [9.17, 15) is 13.2 Å². The molecule has 0 saturated carbocycles. The van der Waals surface area contributed by atoms with Crippen LogP contribution in [0.5, 0.6) is 5.75 Å². The molecule has 112 valence electrons. The Labute approximate surface area is 121 Å². The monoisotopic (exact) mass is 310 g/mol. The molecule has 1 aromatic heterocycles. The van der Waals surface area contributed by atoms with Gasteiger partial charge in [-0.1, -0.05) is 0 Å². The summed E-state index contributed by atoms with van der Waals surface area (Å²) in [6.45, 7) is 0. The maximum atomic E-state index is 11.9. The number of benzene rings is 1. The van der Waals surface area contributed by atoms with Gasteiger partial charge in [0.25, 0.3) is 5.91 Å². The second-order valence-corrected chi connectivity index (χ2v) is 5.82. The third-order valence-electron chi connectivity index (χ3n) is 2.67. The van der Waals surface area contributed by atoms with Crippen LogP contribution in [0.2, 0.25) is 0 Å². The first kappa shape index (κ1) is 15.0. The normalized spacial score (nSPS) is 11.2. The number of ether oxygens (including phenoxy) is 1. The first-order valence-corrected chi connectivity index (χ1v) is 7.36. The summed E-state index contributed by atoms with van der Waals surface area (Å²) < 4.78 is 29.5. The molecule has 2 aromatic rings. The van der Waals surface area contributed by atoms with Crippen molar-refractivity contribution in [3.05, 3.63) is 36.4 Å². The number of rotatable bonds is 4. The van der Waals surface area contributed by atoms with Crippen LogP contribution in [0, 0.1) is 0 Å². The zero-order chi connectivity index (χ0) is 15.6. The van der Waals surface area contributed by atoms with Crippen LogP contribution in [0.4, 0.5) is 5.69 Å². The average Bonchev–Trinajstić information content (AvgIpc) is 2.84. The number of aromatic nitrogens is 2. The number of nitrogens with two attached hydrogens (primary N) is 1. The quantitative estimate of drug-likeness (QED) is 0.844. The van der Waals surface area contributed by atoms with Gasteiger partial charge in [0, 0.05) is 18.9 Å². The molecule has 8 nitrogen and oxygen atoms in total. The molecule has 0 bridgehead atoms. The zero-order valence-electron chi connectivity index (χ0n) is 11.4. The predicted molar refractivity (Wildman–Crippen MR) is 75.5 cm³/mol. The molecule has 0 spiro atoms. The molecule has 0 aliphatic rings. The highest BCUT2D eigenvalue weighted by Crippen LogP contribution is 2.26. The number of anilines is 1. The lowest BCUT2D eigenvalue weighted by atomic mass is 10.3. The van der Waals surface area contributed by atoms with Gasteiger partial charge in [0.2, 0.25) is 10.0 Å². The zero-order valence-corrected chi connectivity index (χ0v) is 12.2. The van der Waals surface area contributed by atoms with Crippen LogP contribution in [-0.4, -0.2) is 31.0 Å². The van der Waals surface area contributed by atoms with Crippen molar-refractivity contribution in [3.8, 4) is 5.75 Å². The number of carbonyl (C=O) groups excluding carboxylic acids is 1. The Bertz CT molecular complexity index is 782. The Morgan fingerprint density at radius 2 is 2.14 bits per heavy atom. The van der Waals surface area contributed by atoms with Crippen LogP contribution < -0.4 is 15.2 Å². The van der Waals surface area contributed by atoms with Gasteiger partial charge >= 0.3 is 0 Å². The largest absolute Gasteiger partial charge is 0.495 e. The Morgan fingerprint density at radius 3 is 2.67 bits per heavy atom. The molecule has 0 unspecified atom stereocenters. The highest BCUT2D eigenvalue weighted by molar-refractivity contribution is 7.89. The summed E-state index contributed by atoms with van der Waals surface area (Å²) in [6, 6.07) is 4.15. The Balaban J connectivity index is 2.31. The van der Waals surface area contributed by atoms with Crippen LogP contribution in [0.3, 0.4) is 0 Å². The minimum absolute atomic E-state index is 0.105. The van der Waals surface area contributed by atoms with E-state index in [1.807, 2.05) is 0 Å². The molecule has 0 fully saturated rings. The van der Waals surface area contributed by atoms with Crippen molar-refractivity contribution < 1.29 is 17.9 Å². The van der Waals surface area contributed by atoms with Crippen LogP contribution in [0.1, 0.15) is 10.5 Å². The number of sulfonamides is 1. The molecule has 1 aromatic carbocycles. The summed E-state index contributed by atoms with van der Waals surface area (Å²) in [4.78, 5) is 15.6. The van der Waals surface area contributed by atoms with E-state index in [0.717, 1.165) is 0 Å². The molecule has 0 aliphatic carbocycles. The van der Waals surface area contributed by atoms with Gasteiger partial charge in [-0.25, -0.2) is 18.5 Å². The highest BCUT2D eigenvalue weighted by Gasteiger charge is 2.17. The third kappa shape index (κ3) is 3.38. The lowest BCUT2D eigenvalue weighted by Crippen LogP contribution is -2.16. The number of hydrogen-bond acceptors (Lipinski definition) is 5. The smallest absolute Gasteiger partial charge is 0.275 e. The molecule has 1 heterocycles. The number of hydrogen-bond donors (Lipinski definition) is 2. The maximum Gasteiger partial charge on any atom is 0.275 e. The Morgan fingerprint density at radius 1 is 1.43 bits per heavy atom. The van der Waals surface area contributed by atoms with Crippen molar-refractivity contribution in [2.45, 2.75) is 4.90 Å². The molecule has 2 rings (SSSR count). The van der Waals surface area contributed by atoms with Crippen molar-refractivity contribution in [1.29, 1.82) is 0 Å². The number of nitrogens with one attached hydrogen (secondary N) is 1. The van der Waals surface area contributed by atoms with Crippen LogP contribution in [-0.2, 0) is 17.1 Å². The summed E-state index contributed by atoms with van der Waals surface area (Å²) in [5, 5.41) is 7.66. The lowest BCUT2D eigenvalue weighted by Gasteiger charge is -2.09. The van der Waals surface area contributed by atoms with Crippen molar-refractivity contribution in [2.75, 3.05) is 12.4 Å². The van der Waals surface area contributed by atoms with Crippen molar-refractivity contribution in [2.24, 2.45) is 12.2 Å². The molecule has 0 radical (unpaired) electrons. The van der Waals surface area contributed by atoms with Gasteiger partial charge in [-0.05, 0) is 18.2 Å². The average molecular weight is 310 g/mol. The van der Waals surface area contributed by atoms with E-state index >= 15 is 0 Å². The van der Waals surface area contributed by atoms with Crippen LogP contribution in [0.25, 0.3) is 0 Å². The van der Waals surface area contributed by atoms with E-state index < -0.39 is 15.9 Å². The van der Waals surface area contributed by atoms with Gasteiger partial charge in [0.1, 0.15) is 16.3 Å². The SMILES string of the molecule is COc1ccc(NC(=O)c2cn(C)cn2)cc1S(N)(=O)=O. The lowest BCUT2D eigenvalue weighted by molar-refractivity contribution is 0.102. The number of primary sulfonamides is 1. The van der Waals surface area contributed by atoms with Gasteiger partial charge in [0.15, 0.2) is 0 Å². The summed E-state index contributed by atoms with van der Waals surface area (Å²) >= 11 is 0. The Kier molecular flexibility index (Phi) is 3.96. The van der Waals surface area contributed by atoms with E-state index in [-0.39, 0.29) is 22.0 Å². The second-order valence-electron chi connectivity index (χ2n) is 4.29. The first-order valence-electron chi connectivity index (χ1n) is 5.81. The van der Waals surface area contributed by atoms with E-state index in [1.165, 1.54) is 31.6 Å². The predicted octanol–water partition coefficient (Wildman–Crippen LogP) is 0.328. The highest BCUT2D eigenvalue weighted by atomic mass is 32.2. The van der Waals surface area contributed by atoms with Crippen LogP contribution >= 0.6 is 0 Å². The number of carbonyl (C=O) groups is 1. The standard InChI is InChI=1S/C12H14N4O4S/c1-16-6-9(14-7-16)12(17)15-8-3-4-10(20-2)11(5-8)21(13,18)19/h3-7H,1-2H3,(H,15,17)(H2,13,18,19). The molecule has 1 amide bonds. The van der Waals surface area contributed by atoms with Gasteiger partial charge in [-0.15, -0.1) is 0 Å². The minimum atomic E-state index is -3.96. The second kappa shape index (κ2) is 5.54. The molecular formula is C12H14N4O4S. The molecule has 0 aliphatic heterocycles. The maximum absolute atomic E-state index is 11.9. The molecule has 3 N–H and O–H groups in total. The summed E-state index contributed by atoms with van der Waals surface area (Å²) in [5.41, 5.74) is 0.487. The van der Waals surface area contributed by atoms with E-state index in [1.54, 1.807) is 17.8 Å². The topological polar surface area (TPSA) is 116 Å². The number of aryl methyl sites for hydroxylation is 1. The fraction of sp³-hybridized carbons (Fsp3) is 0.167. The number of amides is 1. The Hall–Kier alpha value is -2.39. The van der Waals surface area contributed by atoms with Gasteiger partial charge in [-0.3, -0.25) is 4.79 Å². The van der Waals surface area contributed by atoms with E-state index in [4.69, 9.17) is 9.88 Å². The molecule has 21 heavy (non-hydrogen) atoms. The summed E-state index contributed by atoms with van der Waals surface area (Å²) in [7, 11) is -0.899. The molecule has 0 atom stereocenters. The molecular weight excluding hydrogens is 296 g/mol.